The van der Waals surface area contributed by atoms with Crippen molar-refractivity contribution < 1.29 is 4.74 Å². The number of morpholine rings is 1. The van der Waals surface area contributed by atoms with Gasteiger partial charge in [0.05, 0.1) is 31.2 Å². The van der Waals surface area contributed by atoms with E-state index in [1.807, 2.05) is 25.1 Å². The highest BCUT2D eigenvalue weighted by molar-refractivity contribution is 5.19. The molecular weight excluding hydrogens is 200 g/mol. The molecule has 1 saturated heterocycles. The van der Waals surface area contributed by atoms with Crippen LogP contribution in [0, 0.1) is 11.3 Å². The van der Waals surface area contributed by atoms with Crippen LogP contribution in [0.2, 0.25) is 0 Å². The summed E-state index contributed by atoms with van der Waals surface area (Å²) < 4.78 is 5.70. The maximum Gasteiger partial charge on any atom is 0.0711 e. The molecule has 1 N–H and O–H groups in total. The standard InChI is InChI=1S/C13H16N2O/c1-10-12(7-8-14)15-13(9-16-10)11-5-3-2-4-6-11/h2-6,10,12-13,15H,7,9H2,1H3/t10-,12-,13-/m0/s1. The lowest BCUT2D eigenvalue weighted by molar-refractivity contribution is -0.0161. The van der Waals surface area contributed by atoms with Gasteiger partial charge in [-0.05, 0) is 12.5 Å². The zero-order valence-electron chi connectivity index (χ0n) is 9.39. The van der Waals surface area contributed by atoms with Gasteiger partial charge in [0, 0.05) is 6.04 Å². The van der Waals surface area contributed by atoms with E-state index in [1.54, 1.807) is 0 Å². The molecule has 84 valence electrons. The Balaban J connectivity index is 2.06. The molecule has 2 rings (SSSR count). The first-order valence-corrected chi connectivity index (χ1v) is 5.61. The number of nitrogens with one attached hydrogen (secondary N) is 1. The molecule has 0 amide bonds. The molecule has 16 heavy (non-hydrogen) atoms. The zero-order chi connectivity index (χ0) is 11.4. The minimum absolute atomic E-state index is 0.111. The van der Waals surface area contributed by atoms with Gasteiger partial charge in [-0.3, -0.25) is 0 Å². The van der Waals surface area contributed by atoms with Gasteiger partial charge in [-0.15, -0.1) is 0 Å². The van der Waals surface area contributed by atoms with Gasteiger partial charge in [-0.2, -0.15) is 5.26 Å². The maximum absolute atomic E-state index is 8.75. The van der Waals surface area contributed by atoms with Crippen LogP contribution < -0.4 is 5.32 Å². The molecule has 1 aromatic carbocycles. The van der Waals surface area contributed by atoms with Crippen molar-refractivity contribution in [3.8, 4) is 6.07 Å². The first-order valence-electron chi connectivity index (χ1n) is 5.61. The SMILES string of the molecule is C[C@@H]1OC[C@@H](c2ccccc2)N[C@H]1CC#N. The van der Waals surface area contributed by atoms with Crippen LogP contribution in [0.1, 0.15) is 24.9 Å². The monoisotopic (exact) mass is 216 g/mol. The number of nitriles is 1. The molecule has 0 radical (unpaired) electrons. The van der Waals surface area contributed by atoms with Crippen LogP contribution in [0.3, 0.4) is 0 Å². The second-order valence-electron chi connectivity index (χ2n) is 4.14. The van der Waals surface area contributed by atoms with Crippen molar-refractivity contribution >= 4 is 0 Å². The van der Waals surface area contributed by atoms with E-state index in [-0.39, 0.29) is 18.2 Å². The Bertz CT molecular complexity index is 371. The van der Waals surface area contributed by atoms with Gasteiger partial charge in [-0.1, -0.05) is 30.3 Å². The number of rotatable bonds is 2. The van der Waals surface area contributed by atoms with Gasteiger partial charge in [0.25, 0.3) is 0 Å². The van der Waals surface area contributed by atoms with E-state index < -0.39 is 0 Å². The lowest BCUT2D eigenvalue weighted by atomic mass is 10.0. The fourth-order valence-electron chi connectivity index (χ4n) is 2.01. The smallest absolute Gasteiger partial charge is 0.0711 e. The summed E-state index contributed by atoms with van der Waals surface area (Å²) in [6.45, 7) is 2.68. The summed E-state index contributed by atoms with van der Waals surface area (Å²) in [5.74, 6) is 0. The topological polar surface area (TPSA) is 45.0 Å². The van der Waals surface area contributed by atoms with Gasteiger partial charge >= 0.3 is 0 Å². The second kappa shape index (κ2) is 5.11. The first kappa shape index (κ1) is 11.1. The highest BCUT2D eigenvalue weighted by atomic mass is 16.5. The van der Waals surface area contributed by atoms with Gasteiger partial charge < -0.3 is 10.1 Å². The number of hydrogen-bond donors (Lipinski definition) is 1. The predicted molar refractivity (Wildman–Crippen MR) is 61.8 cm³/mol. The Labute approximate surface area is 96.0 Å². The van der Waals surface area contributed by atoms with Crippen LogP contribution in [-0.2, 0) is 4.74 Å². The van der Waals surface area contributed by atoms with E-state index >= 15 is 0 Å². The van der Waals surface area contributed by atoms with E-state index in [4.69, 9.17) is 10.00 Å². The Morgan fingerprint density at radius 1 is 1.44 bits per heavy atom. The molecule has 0 aromatic heterocycles. The number of ether oxygens (including phenoxy) is 1. The van der Waals surface area contributed by atoms with Crippen molar-refractivity contribution in [1.82, 2.24) is 5.32 Å². The summed E-state index contributed by atoms with van der Waals surface area (Å²) in [5, 5.41) is 12.2. The van der Waals surface area contributed by atoms with Crippen LogP contribution >= 0.6 is 0 Å². The average Bonchev–Trinajstić information content (AvgIpc) is 2.33. The number of benzene rings is 1. The van der Waals surface area contributed by atoms with Gasteiger partial charge in [-0.25, -0.2) is 0 Å². The van der Waals surface area contributed by atoms with Crippen LogP contribution in [0.5, 0.6) is 0 Å². The first-order chi connectivity index (χ1) is 7.81. The Morgan fingerprint density at radius 3 is 2.88 bits per heavy atom. The van der Waals surface area contributed by atoms with E-state index in [1.165, 1.54) is 5.56 Å². The van der Waals surface area contributed by atoms with Crippen molar-refractivity contribution in [3.63, 3.8) is 0 Å². The zero-order valence-corrected chi connectivity index (χ0v) is 9.39. The van der Waals surface area contributed by atoms with E-state index in [0.717, 1.165) is 0 Å². The lowest BCUT2D eigenvalue weighted by Gasteiger charge is -2.35. The summed E-state index contributed by atoms with van der Waals surface area (Å²) in [7, 11) is 0. The van der Waals surface area contributed by atoms with Gasteiger partial charge in [0.1, 0.15) is 0 Å². The molecule has 3 atom stereocenters. The molecule has 1 aromatic rings. The fraction of sp³-hybridized carbons (Fsp3) is 0.462. The van der Waals surface area contributed by atoms with E-state index in [0.29, 0.717) is 13.0 Å². The van der Waals surface area contributed by atoms with E-state index in [2.05, 4.69) is 23.5 Å². The quantitative estimate of drug-likeness (QED) is 0.822. The molecule has 3 nitrogen and oxygen atoms in total. The second-order valence-corrected chi connectivity index (χ2v) is 4.14. The Morgan fingerprint density at radius 2 is 2.19 bits per heavy atom. The largest absolute Gasteiger partial charge is 0.375 e. The Hall–Kier alpha value is -1.37. The molecule has 1 fully saturated rings. The summed E-state index contributed by atoms with van der Waals surface area (Å²) >= 11 is 0. The van der Waals surface area contributed by atoms with Gasteiger partial charge in [0.15, 0.2) is 0 Å². The third-order valence-corrected chi connectivity index (χ3v) is 3.02. The summed E-state index contributed by atoms with van der Waals surface area (Å²) in [6.07, 6.45) is 0.601. The van der Waals surface area contributed by atoms with Crippen molar-refractivity contribution in [2.75, 3.05) is 6.61 Å². The summed E-state index contributed by atoms with van der Waals surface area (Å²) in [6, 6.07) is 12.7. The highest BCUT2D eigenvalue weighted by Gasteiger charge is 2.27. The predicted octanol–water partition coefficient (Wildman–Crippen LogP) is 2.02. The minimum atomic E-state index is 0.111. The molecule has 0 saturated carbocycles. The van der Waals surface area contributed by atoms with Crippen molar-refractivity contribution in [3.05, 3.63) is 35.9 Å². The van der Waals surface area contributed by atoms with Crippen molar-refractivity contribution in [2.24, 2.45) is 0 Å². The molecule has 0 spiro atoms. The van der Waals surface area contributed by atoms with Crippen LogP contribution in [0.4, 0.5) is 0 Å². The third-order valence-electron chi connectivity index (χ3n) is 3.02. The molecule has 0 bridgehead atoms. The minimum Gasteiger partial charge on any atom is -0.375 e. The average molecular weight is 216 g/mol. The van der Waals surface area contributed by atoms with Gasteiger partial charge in [0.2, 0.25) is 0 Å². The molecular formula is C13H16N2O. The van der Waals surface area contributed by atoms with Crippen molar-refractivity contribution in [2.45, 2.75) is 31.5 Å². The summed E-state index contributed by atoms with van der Waals surface area (Å²) in [5.41, 5.74) is 1.22. The molecule has 0 aliphatic carbocycles. The molecule has 0 unspecified atom stereocenters. The Kier molecular flexibility index (Phi) is 3.55. The molecule has 1 aliphatic heterocycles. The lowest BCUT2D eigenvalue weighted by Crippen LogP contribution is -2.48. The number of hydrogen-bond acceptors (Lipinski definition) is 3. The maximum atomic E-state index is 8.75. The highest BCUT2D eigenvalue weighted by Crippen LogP contribution is 2.21. The van der Waals surface area contributed by atoms with Crippen LogP contribution in [-0.4, -0.2) is 18.8 Å². The summed E-state index contributed by atoms with van der Waals surface area (Å²) in [4.78, 5) is 0. The van der Waals surface area contributed by atoms with E-state index in [9.17, 15) is 0 Å². The molecule has 1 aliphatic rings. The third kappa shape index (κ3) is 2.41. The fourth-order valence-corrected chi connectivity index (χ4v) is 2.01. The van der Waals surface area contributed by atoms with Crippen molar-refractivity contribution in [1.29, 1.82) is 5.26 Å². The number of nitrogens with zero attached hydrogens (tertiary/aromatic N) is 1. The normalized spacial score (nSPS) is 29.6. The molecule has 3 heteroatoms. The molecule has 1 heterocycles. The van der Waals surface area contributed by atoms with Crippen LogP contribution in [0.15, 0.2) is 30.3 Å². The van der Waals surface area contributed by atoms with Crippen LogP contribution in [0.25, 0.3) is 0 Å².